The zero-order valence-corrected chi connectivity index (χ0v) is 15.1. The molecule has 0 amide bonds. The quantitative estimate of drug-likeness (QED) is 0.282. The van der Waals surface area contributed by atoms with Gasteiger partial charge in [0.15, 0.2) is 0 Å². The molecule has 0 saturated heterocycles. The van der Waals surface area contributed by atoms with Gasteiger partial charge in [0.25, 0.3) is 5.95 Å². The van der Waals surface area contributed by atoms with Gasteiger partial charge < -0.3 is 5.84 Å². The molecule has 3 rings (SSSR count). The zero-order valence-electron chi connectivity index (χ0n) is 11.9. The molecule has 0 fully saturated rings. The van der Waals surface area contributed by atoms with Crippen LogP contribution in [0, 0.1) is 0 Å². The van der Waals surface area contributed by atoms with Gasteiger partial charge in [-0.2, -0.15) is 5.10 Å². The standard InChI is InChI=1S/C14H13BrN6S2/c15-11-4-1-3-10(7-11)9-23-14-20-19-13(21(14)16)18-17-8-12-5-2-6-22-12/h1-8H,9,16H2,(H,18,19)/b17-8+. The number of nitrogens with one attached hydrogen (secondary N) is 1. The van der Waals surface area contributed by atoms with Crippen LogP contribution in [0.15, 0.2) is 56.5 Å². The number of thiophene rings is 1. The number of nitrogens with zero attached hydrogens (tertiary/aromatic N) is 4. The van der Waals surface area contributed by atoms with Crippen LogP contribution in [0.1, 0.15) is 10.4 Å². The molecule has 3 N–H and O–H groups in total. The second kappa shape index (κ2) is 7.62. The van der Waals surface area contributed by atoms with Crippen molar-refractivity contribution in [3.05, 3.63) is 56.7 Å². The molecular weight excluding hydrogens is 396 g/mol. The molecule has 9 heteroatoms. The second-order valence-electron chi connectivity index (χ2n) is 4.48. The molecule has 0 unspecified atom stereocenters. The average molecular weight is 409 g/mol. The molecule has 118 valence electrons. The molecular formula is C14H13BrN6S2. The monoisotopic (exact) mass is 408 g/mol. The van der Waals surface area contributed by atoms with Crippen LogP contribution in [-0.2, 0) is 5.75 Å². The first-order valence-electron chi connectivity index (χ1n) is 6.62. The molecule has 0 aliphatic heterocycles. The van der Waals surface area contributed by atoms with Crippen molar-refractivity contribution in [2.45, 2.75) is 10.9 Å². The smallest absolute Gasteiger partial charge is 0.264 e. The third-order valence-corrected chi connectivity index (χ3v) is 5.14. The third kappa shape index (κ3) is 4.34. The van der Waals surface area contributed by atoms with E-state index in [0.717, 1.165) is 15.1 Å². The average Bonchev–Trinajstić information content (AvgIpc) is 3.17. The largest absolute Gasteiger partial charge is 0.334 e. The molecule has 2 heterocycles. The number of rotatable bonds is 6. The van der Waals surface area contributed by atoms with E-state index in [1.165, 1.54) is 22.0 Å². The van der Waals surface area contributed by atoms with Gasteiger partial charge >= 0.3 is 0 Å². The van der Waals surface area contributed by atoms with Crippen LogP contribution in [0.25, 0.3) is 0 Å². The summed E-state index contributed by atoms with van der Waals surface area (Å²) in [7, 11) is 0. The Morgan fingerprint density at radius 2 is 2.26 bits per heavy atom. The molecule has 0 radical (unpaired) electrons. The maximum atomic E-state index is 5.98. The first kappa shape index (κ1) is 16.0. The number of hydrazone groups is 1. The van der Waals surface area contributed by atoms with E-state index in [9.17, 15) is 0 Å². The second-order valence-corrected chi connectivity index (χ2v) is 7.32. The Bertz CT molecular complexity index is 799. The first-order chi connectivity index (χ1) is 11.2. The zero-order chi connectivity index (χ0) is 16.1. The Labute approximate surface area is 149 Å². The van der Waals surface area contributed by atoms with E-state index in [-0.39, 0.29) is 0 Å². The molecule has 1 aromatic carbocycles. The number of anilines is 1. The lowest BCUT2D eigenvalue weighted by molar-refractivity contribution is 0.847. The Hall–Kier alpha value is -1.84. The van der Waals surface area contributed by atoms with Gasteiger partial charge in [-0.1, -0.05) is 45.9 Å². The number of nitrogen functional groups attached to an aromatic ring is 1. The van der Waals surface area contributed by atoms with Crippen molar-refractivity contribution in [1.82, 2.24) is 14.9 Å². The fourth-order valence-corrected chi connectivity index (χ4v) is 3.58. The predicted octanol–water partition coefficient (Wildman–Crippen LogP) is 3.55. The number of hydrogen-bond donors (Lipinski definition) is 2. The topological polar surface area (TPSA) is 81.1 Å². The highest BCUT2D eigenvalue weighted by molar-refractivity contribution is 9.10. The van der Waals surface area contributed by atoms with Crippen LogP contribution in [0.4, 0.5) is 5.95 Å². The third-order valence-electron chi connectivity index (χ3n) is 2.82. The van der Waals surface area contributed by atoms with Gasteiger partial charge in [0, 0.05) is 15.1 Å². The van der Waals surface area contributed by atoms with E-state index in [1.807, 2.05) is 29.6 Å². The molecule has 0 spiro atoms. The SMILES string of the molecule is Nn1c(N/N=C/c2cccs2)nnc1SCc1cccc(Br)c1. The summed E-state index contributed by atoms with van der Waals surface area (Å²) >= 11 is 6.58. The minimum absolute atomic E-state index is 0.398. The van der Waals surface area contributed by atoms with E-state index in [2.05, 4.69) is 48.8 Å². The van der Waals surface area contributed by atoms with Crippen LogP contribution in [0.3, 0.4) is 0 Å². The molecule has 3 aromatic rings. The maximum absolute atomic E-state index is 5.98. The number of hydrogen-bond acceptors (Lipinski definition) is 7. The molecule has 0 saturated carbocycles. The van der Waals surface area contributed by atoms with Gasteiger partial charge in [-0.3, -0.25) is 0 Å². The van der Waals surface area contributed by atoms with Crippen LogP contribution >= 0.6 is 39.0 Å². The summed E-state index contributed by atoms with van der Waals surface area (Å²) in [6.07, 6.45) is 1.72. The lowest BCUT2D eigenvalue weighted by Crippen LogP contribution is -2.13. The molecule has 0 aliphatic rings. The summed E-state index contributed by atoms with van der Waals surface area (Å²) in [6.45, 7) is 0. The fraction of sp³-hybridized carbons (Fsp3) is 0.0714. The van der Waals surface area contributed by atoms with Gasteiger partial charge in [-0.25, -0.2) is 10.1 Å². The van der Waals surface area contributed by atoms with Crippen molar-refractivity contribution in [3.63, 3.8) is 0 Å². The van der Waals surface area contributed by atoms with Crippen molar-refractivity contribution >= 4 is 51.2 Å². The summed E-state index contributed by atoms with van der Waals surface area (Å²) in [5.74, 6) is 7.14. The van der Waals surface area contributed by atoms with Crippen LogP contribution in [0.5, 0.6) is 0 Å². The summed E-state index contributed by atoms with van der Waals surface area (Å²) in [6, 6.07) is 12.1. The fourth-order valence-electron chi connectivity index (χ4n) is 1.74. The van der Waals surface area contributed by atoms with Gasteiger partial charge in [0.1, 0.15) is 0 Å². The molecule has 23 heavy (non-hydrogen) atoms. The maximum Gasteiger partial charge on any atom is 0.264 e. The summed E-state index contributed by atoms with van der Waals surface area (Å²) < 4.78 is 2.45. The Morgan fingerprint density at radius 1 is 1.35 bits per heavy atom. The lowest BCUT2D eigenvalue weighted by Gasteiger charge is -2.03. The number of aromatic nitrogens is 3. The van der Waals surface area contributed by atoms with E-state index in [1.54, 1.807) is 17.6 Å². The van der Waals surface area contributed by atoms with E-state index in [4.69, 9.17) is 5.84 Å². The van der Waals surface area contributed by atoms with Crippen molar-refractivity contribution in [2.24, 2.45) is 5.10 Å². The highest BCUT2D eigenvalue weighted by Crippen LogP contribution is 2.23. The van der Waals surface area contributed by atoms with Crippen molar-refractivity contribution in [2.75, 3.05) is 11.3 Å². The van der Waals surface area contributed by atoms with Gasteiger partial charge in [0.05, 0.1) is 6.21 Å². The number of thioether (sulfide) groups is 1. The van der Waals surface area contributed by atoms with E-state index >= 15 is 0 Å². The van der Waals surface area contributed by atoms with Gasteiger partial charge in [-0.15, -0.1) is 21.5 Å². The summed E-state index contributed by atoms with van der Waals surface area (Å²) in [4.78, 5) is 1.05. The highest BCUT2D eigenvalue weighted by atomic mass is 79.9. The Kier molecular flexibility index (Phi) is 5.31. The van der Waals surface area contributed by atoms with Crippen LogP contribution < -0.4 is 11.3 Å². The van der Waals surface area contributed by atoms with Crippen LogP contribution in [0.2, 0.25) is 0 Å². The summed E-state index contributed by atoms with van der Waals surface area (Å²) in [5, 5.41) is 14.8. The normalized spacial score (nSPS) is 11.2. The number of nitrogens with two attached hydrogens (primary N) is 1. The van der Waals surface area contributed by atoms with Crippen molar-refractivity contribution in [1.29, 1.82) is 0 Å². The highest BCUT2D eigenvalue weighted by Gasteiger charge is 2.09. The molecule has 0 aliphatic carbocycles. The number of benzene rings is 1. The Balaban J connectivity index is 1.60. The summed E-state index contributed by atoms with van der Waals surface area (Å²) in [5.41, 5.74) is 3.98. The molecule has 2 aromatic heterocycles. The lowest BCUT2D eigenvalue weighted by atomic mass is 10.2. The van der Waals surface area contributed by atoms with E-state index in [0.29, 0.717) is 11.1 Å². The molecule has 6 nitrogen and oxygen atoms in total. The van der Waals surface area contributed by atoms with E-state index < -0.39 is 0 Å². The first-order valence-corrected chi connectivity index (χ1v) is 9.28. The van der Waals surface area contributed by atoms with Crippen LogP contribution in [-0.4, -0.2) is 21.1 Å². The molecule has 0 bridgehead atoms. The number of halogens is 1. The predicted molar refractivity (Wildman–Crippen MR) is 99.4 cm³/mol. The van der Waals surface area contributed by atoms with Gasteiger partial charge in [0.2, 0.25) is 5.16 Å². The minimum atomic E-state index is 0.398. The van der Waals surface area contributed by atoms with Crippen molar-refractivity contribution in [3.8, 4) is 0 Å². The Morgan fingerprint density at radius 3 is 3.04 bits per heavy atom. The van der Waals surface area contributed by atoms with Crippen molar-refractivity contribution < 1.29 is 0 Å². The minimum Gasteiger partial charge on any atom is -0.334 e. The van der Waals surface area contributed by atoms with Gasteiger partial charge in [-0.05, 0) is 29.1 Å². The molecule has 0 atom stereocenters.